The fourth-order valence-corrected chi connectivity index (χ4v) is 12.4. The van der Waals surface area contributed by atoms with Crippen LogP contribution in [0.25, 0.3) is 132 Å². The molecule has 12 heteroatoms. The van der Waals surface area contributed by atoms with Gasteiger partial charge in [0.2, 0.25) is 0 Å². The highest BCUT2D eigenvalue weighted by molar-refractivity contribution is 9.11. The topological polar surface area (TPSA) is 157 Å². The Morgan fingerprint density at radius 2 is 0.511 bits per heavy atom. The molecule has 0 bridgehead atoms. The van der Waals surface area contributed by atoms with Gasteiger partial charge in [-0.25, -0.2) is 0 Å². The van der Waals surface area contributed by atoms with E-state index >= 15 is 0 Å². The molecule has 8 nitrogen and oxygen atoms in total. The summed E-state index contributed by atoms with van der Waals surface area (Å²) in [6.07, 6.45) is 0. The number of rotatable bonds is 4. The summed E-state index contributed by atoms with van der Waals surface area (Å²) < 4.78 is 28.3. The molecule has 0 saturated heterocycles. The van der Waals surface area contributed by atoms with Crippen LogP contribution in [0.1, 0.15) is 27.7 Å². The van der Waals surface area contributed by atoms with E-state index in [9.17, 15) is 0 Å². The Hall–Kier alpha value is -9.04. The van der Waals surface area contributed by atoms with Crippen LogP contribution in [-0.2, 0) is 0 Å². The fourth-order valence-electron chi connectivity index (χ4n) is 10.8. The molecule has 0 fully saturated rings. The second kappa shape index (κ2) is 26.9. The molecule has 88 heavy (non-hydrogen) atoms. The molecule has 0 aliphatic carbocycles. The second-order valence-corrected chi connectivity index (χ2v) is 23.6. The Labute approximate surface area is 543 Å². The molecular formula is C76H60Br4N4O4. The summed E-state index contributed by atoms with van der Waals surface area (Å²) in [5, 5.41) is 8.81. The molecule has 0 spiro atoms. The van der Waals surface area contributed by atoms with Gasteiger partial charge >= 0.3 is 0 Å². The summed E-state index contributed by atoms with van der Waals surface area (Å²) in [5.41, 5.74) is 42.3. The molecule has 4 heterocycles. The van der Waals surface area contributed by atoms with E-state index in [-0.39, 0.29) is 0 Å². The maximum Gasteiger partial charge on any atom is 0.158 e. The van der Waals surface area contributed by atoms with Crippen LogP contribution in [-0.4, -0.2) is 0 Å². The molecule has 0 saturated carbocycles. The lowest BCUT2D eigenvalue weighted by Gasteiger charge is -2.05. The predicted octanol–water partition coefficient (Wildman–Crippen LogP) is 24.4. The van der Waals surface area contributed by atoms with E-state index in [1.165, 1.54) is 0 Å². The number of anilines is 4. The lowest BCUT2D eigenvalue weighted by atomic mass is 9.99. The number of nitrogens with two attached hydrogens (primary N) is 4. The first kappa shape index (κ1) is 60.6. The van der Waals surface area contributed by atoms with Crippen molar-refractivity contribution in [1.82, 2.24) is 0 Å². The average molecular weight is 1410 g/mol. The number of para-hydroxylation sites is 4. The third-order valence-electron chi connectivity index (χ3n) is 14.8. The largest absolute Gasteiger partial charge is 0.455 e. The number of benzene rings is 12. The van der Waals surface area contributed by atoms with Crippen LogP contribution in [0.2, 0.25) is 0 Å². The number of halogens is 4. The van der Waals surface area contributed by atoms with Crippen molar-refractivity contribution in [2.75, 3.05) is 22.9 Å². The van der Waals surface area contributed by atoms with Gasteiger partial charge < -0.3 is 40.6 Å². The van der Waals surface area contributed by atoms with Gasteiger partial charge in [0.05, 0.1) is 11.4 Å². The number of furan rings is 4. The van der Waals surface area contributed by atoms with Gasteiger partial charge in [0.25, 0.3) is 0 Å². The minimum absolute atomic E-state index is 0.669. The van der Waals surface area contributed by atoms with Crippen LogP contribution >= 0.6 is 63.7 Å². The van der Waals surface area contributed by atoms with E-state index in [1.807, 2.05) is 185 Å². The average Bonchev–Trinajstić information content (AvgIpc) is 3.08. The molecule has 0 radical (unpaired) electrons. The molecule has 16 rings (SSSR count). The smallest absolute Gasteiger partial charge is 0.158 e. The van der Waals surface area contributed by atoms with E-state index in [0.29, 0.717) is 11.4 Å². The Kier molecular flexibility index (Phi) is 18.6. The molecule has 0 aliphatic heterocycles. The lowest BCUT2D eigenvalue weighted by molar-refractivity contribution is 0.669. The highest BCUT2D eigenvalue weighted by Gasteiger charge is 2.19. The highest BCUT2D eigenvalue weighted by Crippen LogP contribution is 2.44. The number of hydrogen-bond donors (Lipinski definition) is 4. The van der Waals surface area contributed by atoms with Gasteiger partial charge in [-0.1, -0.05) is 225 Å². The number of hydrogen-bond acceptors (Lipinski definition) is 8. The van der Waals surface area contributed by atoms with Crippen LogP contribution in [0.15, 0.2) is 278 Å². The van der Waals surface area contributed by atoms with Gasteiger partial charge in [-0.15, -0.1) is 0 Å². The Balaban J connectivity index is 0.000000119. The Morgan fingerprint density at radius 1 is 0.250 bits per heavy atom. The summed E-state index contributed by atoms with van der Waals surface area (Å²) >= 11 is 14.2. The van der Waals surface area contributed by atoms with Crippen LogP contribution in [0.3, 0.4) is 0 Å². The minimum Gasteiger partial charge on any atom is -0.455 e. The summed E-state index contributed by atoms with van der Waals surface area (Å²) in [4.78, 5) is 0. The van der Waals surface area contributed by atoms with Crippen molar-refractivity contribution in [3.8, 4) is 44.5 Å². The molecule has 0 amide bonds. The van der Waals surface area contributed by atoms with E-state index < -0.39 is 0 Å². The van der Waals surface area contributed by atoms with Crippen molar-refractivity contribution < 1.29 is 17.7 Å². The normalized spacial score (nSPS) is 10.9. The van der Waals surface area contributed by atoms with E-state index in [2.05, 4.69) is 149 Å². The first-order valence-corrected chi connectivity index (χ1v) is 32.0. The molecule has 4 aromatic heterocycles. The Bertz CT molecular complexity index is 4770. The van der Waals surface area contributed by atoms with E-state index in [4.69, 9.17) is 40.6 Å². The van der Waals surface area contributed by atoms with Crippen molar-refractivity contribution in [1.29, 1.82) is 0 Å². The quantitative estimate of drug-likeness (QED) is 0.127. The first-order valence-electron chi connectivity index (χ1n) is 28.8. The molecular weight excluding hydrogens is 1350 g/mol. The Morgan fingerprint density at radius 3 is 0.841 bits per heavy atom. The third-order valence-corrected chi connectivity index (χ3v) is 17.2. The first-order chi connectivity index (χ1) is 42.9. The number of fused-ring (bicyclic) bond motifs is 12. The minimum atomic E-state index is 0.669. The van der Waals surface area contributed by atoms with Gasteiger partial charge in [-0.3, -0.25) is 0 Å². The van der Waals surface area contributed by atoms with Crippen LogP contribution in [0, 0.1) is 0 Å². The van der Waals surface area contributed by atoms with Crippen LogP contribution in [0.5, 0.6) is 0 Å². The molecule has 0 aliphatic rings. The molecule has 0 unspecified atom stereocenters. The van der Waals surface area contributed by atoms with Crippen molar-refractivity contribution in [3.63, 3.8) is 0 Å². The lowest BCUT2D eigenvalue weighted by Crippen LogP contribution is -1.87. The zero-order valence-electron chi connectivity index (χ0n) is 48.5. The summed E-state index contributed by atoms with van der Waals surface area (Å²) in [6.45, 7) is 8.00. The van der Waals surface area contributed by atoms with Crippen LogP contribution < -0.4 is 22.9 Å². The van der Waals surface area contributed by atoms with Gasteiger partial charge in [-0.2, -0.15) is 0 Å². The predicted molar refractivity (Wildman–Crippen MR) is 388 cm³/mol. The zero-order chi connectivity index (χ0) is 61.6. The van der Waals surface area contributed by atoms with Gasteiger partial charge in [-0.05, 0) is 143 Å². The van der Waals surface area contributed by atoms with Gasteiger partial charge in [0.15, 0.2) is 11.2 Å². The molecule has 16 aromatic rings. The SMILES string of the molecule is CC.CC.Nc1ccc(-c2ccc(Br)c3c2oc2ccccc23)cc1.Nc1ccc(-c2ccc(Br)c3c2oc2ccccc23)cc1.Nc1ccc(-c2ccc(Br)cc2)c2c1oc1ccccc12.Nc1ccc(-c2ccc(Br)cc2)c2c1oc1ccccc12. The van der Waals surface area contributed by atoms with Crippen molar-refractivity contribution in [2.45, 2.75) is 27.7 Å². The molecule has 12 aromatic carbocycles. The van der Waals surface area contributed by atoms with Gasteiger partial charge in [0.1, 0.15) is 33.5 Å². The summed E-state index contributed by atoms with van der Waals surface area (Å²) in [5.74, 6) is 0. The summed E-state index contributed by atoms with van der Waals surface area (Å²) in [7, 11) is 0. The monoisotopic (exact) mass is 1410 g/mol. The molecule has 436 valence electrons. The molecule has 8 N–H and O–H groups in total. The van der Waals surface area contributed by atoms with E-state index in [1.54, 1.807) is 0 Å². The molecule has 0 atom stereocenters. The van der Waals surface area contributed by atoms with Gasteiger partial charge in [0, 0.05) is 83.5 Å². The zero-order valence-corrected chi connectivity index (χ0v) is 54.9. The van der Waals surface area contributed by atoms with Crippen molar-refractivity contribution in [2.24, 2.45) is 0 Å². The maximum atomic E-state index is 6.09. The second-order valence-electron chi connectivity index (χ2n) is 20.1. The van der Waals surface area contributed by atoms with E-state index in [0.717, 1.165) is 162 Å². The maximum absolute atomic E-state index is 6.09. The van der Waals surface area contributed by atoms with Crippen molar-refractivity contribution >= 4 is 174 Å². The highest BCUT2D eigenvalue weighted by atomic mass is 79.9. The summed E-state index contributed by atoms with van der Waals surface area (Å²) in [6, 6.07) is 80.7. The fraction of sp³-hybridized carbons (Fsp3) is 0.0526. The number of nitrogen functional groups attached to an aromatic ring is 4. The van der Waals surface area contributed by atoms with Crippen LogP contribution in [0.4, 0.5) is 22.7 Å². The van der Waals surface area contributed by atoms with Crippen molar-refractivity contribution in [3.05, 3.63) is 261 Å². The third kappa shape index (κ3) is 12.2. The standard InChI is InChI=1S/4C18H12BrNO.2C2H6/c2*19-15-10-9-13(11-5-7-12(20)8-6-11)18-17(15)14-3-1-2-4-16(14)21-18;2*19-12-7-5-11(6-8-12)13-9-10-15(20)18-17(13)14-3-1-2-4-16(14)21-18;2*1-2/h4*1-10H,20H2;2*1-2H3.